The van der Waals surface area contributed by atoms with E-state index in [4.69, 9.17) is 11.6 Å². The molecule has 3 rings (SSSR count). The Bertz CT molecular complexity index is 992. The zero-order chi connectivity index (χ0) is 20.1. The van der Waals surface area contributed by atoms with Gasteiger partial charge in [0, 0.05) is 16.6 Å². The number of carbonyl (C=O) groups excluding carboxylic acids is 1. The summed E-state index contributed by atoms with van der Waals surface area (Å²) in [5.41, 5.74) is 2.79. The van der Waals surface area contributed by atoms with Gasteiger partial charge in [0.25, 0.3) is 0 Å². The quantitative estimate of drug-likeness (QED) is 0.434. The zero-order valence-electron chi connectivity index (χ0n) is 15.6. The van der Waals surface area contributed by atoms with Crippen LogP contribution in [-0.4, -0.2) is 26.4 Å². The molecule has 28 heavy (non-hydrogen) atoms. The van der Waals surface area contributed by atoms with Gasteiger partial charge in [0.1, 0.15) is 0 Å². The fourth-order valence-corrected chi connectivity index (χ4v) is 4.21. The Hall–Kier alpha value is -1.83. The molecule has 2 aromatic carbocycles. The minimum atomic E-state index is -0.141. The lowest BCUT2D eigenvalue weighted by Crippen LogP contribution is -2.15. The number of nitrogens with zero attached hydrogens (tertiary/aromatic N) is 3. The summed E-state index contributed by atoms with van der Waals surface area (Å²) in [6.07, 6.45) is 0.950. The minimum Gasteiger partial charge on any atom is -0.324 e. The van der Waals surface area contributed by atoms with Gasteiger partial charge in [-0.1, -0.05) is 70.0 Å². The van der Waals surface area contributed by atoms with E-state index in [0.29, 0.717) is 10.7 Å². The van der Waals surface area contributed by atoms with Gasteiger partial charge < -0.3 is 9.88 Å². The summed E-state index contributed by atoms with van der Waals surface area (Å²) in [6, 6.07) is 13.5. The van der Waals surface area contributed by atoms with Crippen molar-refractivity contribution < 1.29 is 4.79 Å². The molecule has 1 heterocycles. The highest BCUT2D eigenvalue weighted by Gasteiger charge is 2.16. The van der Waals surface area contributed by atoms with E-state index in [2.05, 4.69) is 62.0 Å². The molecule has 0 radical (unpaired) electrons. The van der Waals surface area contributed by atoms with Crippen LogP contribution in [0, 0.1) is 6.92 Å². The maximum Gasteiger partial charge on any atom is 0.234 e. The number of hydrogen-bond acceptors (Lipinski definition) is 4. The lowest BCUT2D eigenvalue weighted by Gasteiger charge is -2.10. The number of amides is 1. The molecule has 0 bridgehead atoms. The molecule has 0 aliphatic rings. The molecule has 0 saturated carbocycles. The van der Waals surface area contributed by atoms with E-state index in [-0.39, 0.29) is 11.7 Å². The van der Waals surface area contributed by atoms with Crippen molar-refractivity contribution in [1.29, 1.82) is 0 Å². The molecule has 146 valence electrons. The number of carbonyl (C=O) groups is 1. The van der Waals surface area contributed by atoms with Crippen LogP contribution in [0.2, 0.25) is 5.02 Å². The molecule has 0 spiro atoms. The summed E-state index contributed by atoms with van der Waals surface area (Å²) in [5, 5.41) is 12.7. The molecule has 0 aliphatic carbocycles. The first kappa shape index (κ1) is 20.9. The van der Waals surface area contributed by atoms with Crippen LogP contribution < -0.4 is 5.32 Å². The number of rotatable bonds is 7. The average molecular weight is 480 g/mol. The maximum atomic E-state index is 12.4. The highest BCUT2D eigenvalue weighted by Crippen LogP contribution is 2.27. The van der Waals surface area contributed by atoms with Gasteiger partial charge >= 0.3 is 0 Å². The van der Waals surface area contributed by atoms with Gasteiger partial charge in [-0.2, -0.15) is 0 Å². The van der Waals surface area contributed by atoms with Crippen molar-refractivity contribution in [3.8, 4) is 11.4 Å². The highest BCUT2D eigenvalue weighted by molar-refractivity contribution is 9.10. The number of hydrogen-bond donors (Lipinski definition) is 1. The van der Waals surface area contributed by atoms with E-state index in [1.165, 1.54) is 17.3 Å². The first-order valence-corrected chi connectivity index (χ1v) is 11.0. The molecule has 0 fully saturated rings. The summed E-state index contributed by atoms with van der Waals surface area (Å²) >= 11 is 10.9. The predicted molar refractivity (Wildman–Crippen MR) is 119 cm³/mol. The van der Waals surface area contributed by atoms with Crippen LogP contribution in [0.3, 0.4) is 0 Å². The van der Waals surface area contributed by atoms with Crippen LogP contribution in [0.25, 0.3) is 11.4 Å². The predicted octanol–water partition coefficient (Wildman–Crippen LogP) is 5.81. The van der Waals surface area contributed by atoms with Crippen LogP contribution >= 0.6 is 39.3 Å². The lowest BCUT2D eigenvalue weighted by atomic mass is 10.1. The minimum absolute atomic E-state index is 0.141. The van der Waals surface area contributed by atoms with E-state index in [1.807, 2.05) is 18.2 Å². The zero-order valence-corrected chi connectivity index (χ0v) is 18.7. The lowest BCUT2D eigenvalue weighted by molar-refractivity contribution is -0.113. The summed E-state index contributed by atoms with van der Waals surface area (Å²) in [4.78, 5) is 12.4. The number of nitrogens with one attached hydrogen (secondary N) is 1. The first-order chi connectivity index (χ1) is 13.5. The van der Waals surface area contributed by atoms with Crippen LogP contribution in [0.1, 0.15) is 18.9 Å². The molecular weight excluding hydrogens is 460 g/mol. The summed E-state index contributed by atoms with van der Waals surface area (Å²) in [6.45, 7) is 4.95. The van der Waals surface area contributed by atoms with Crippen LogP contribution in [0.4, 0.5) is 5.69 Å². The van der Waals surface area contributed by atoms with Crippen LogP contribution in [-0.2, 0) is 11.3 Å². The Morgan fingerprint density at radius 2 is 2.07 bits per heavy atom. The molecule has 1 N–H and O–H groups in total. The summed E-state index contributed by atoms with van der Waals surface area (Å²) < 4.78 is 2.93. The number of anilines is 1. The summed E-state index contributed by atoms with van der Waals surface area (Å²) in [5.74, 6) is 0.906. The molecule has 8 heteroatoms. The number of aryl methyl sites for hydroxylation is 1. The normalized spacial score (nSPS) is 10.9. The fraction of sp³-hybridized carbons (Fsp3) is 0.250. The first-order valence-electron chi connectivity index (χ1n) is 8.86. The molecule has 0 unspecified atom stereocenters. The van der Waals surface area contributed by atoms with E-state index in [1.54, 1.807) is 12.1 Å². The smallest absolute Gasteiger partial charge is 0.234 e. The Kier molecular flexibility index (Phi) is 7.15. The molecule has 3 aromatic rings. The van der Waals surface area contributed by atoms with E-state index in [0.717, 1.165) is 34.0 Å². The number of benzene rings is 2. The summed E-state index contributed by atoms with van der Waals surface area (Å²) in [7, 11) is 0. The molecule has 5 nitrogen and oxygen atoms in total. The second-order valence-corrected chi connectivity index (χ2v) is 8.55. The standard InChI is InChI=1S/C20H20BrClN4OS/c1-3-9-26-19(14-6-4-5-13(2)10-14)24-25-20(26)28-12-18(27)23-17-8-7-15(21)11-16(17)22/h4-8,10-11H,3,9,12H2,1-2H3,(H,23,27). The topological polar surface area (TPSA) is 59.8 Å². The van der Waals surface area contributed by atoms with Crippen molar-refractivity contribution in [3.63, 3.8) is 0 Å². The van der Waals surface area contributed by atoms with Crippen molar-refractivity contribution in [2.24, 2.45) is 0 Å². The third kappa shape index (κ3) is 5.16. The van der Waals surface area contributed by atoms with E-state index in [9.17, 15) is 4.79 Å². The molecule has 1 amide bonds. The molecular formula is C20H20BrClN4OS. The van der Waals surface area contributed by atoms with Crippen molar-refractivity contribution in [2.45, 2.75) is 32.0 Å². The second-order valence-electron chi connectivity index (χ2n) is 6.29. The Morgan fingerprint density at radius 3 is 2.79 bits per heavy atom. The second kappa shape index (κ2) is 9.58. The molecule has 0 saturated heterocycles. The highest BCUT2D eigenvalue weighted by atomic mass is 79.9. The van der Waals surface area contributed by atoms with E-state index < -0.39 is 0 Å². The monoisotopic (exact) mass is 478 g/mol. The Balaban J connectivity index is 1.72. The average Bonchev–Trinajstić information content (AvgIpc) is 3.05. The third-order valence-electron chi connectivity index (χ3n) is 3.98. The van der Waals surface area contributed by atoms with Gasteiger partial charge in [-0.15, -0.1) is 10.2 Å². The van der Waals surface area contributed by atoms with E-state index >= 15 is 0 Å². The van der Waals surface area contributed by atoms with Gasteiger partial charge in [0.15, 0.2) is 11.0 Å². The van der Waals surface area contributed by atoms with Crippen molar-refractivity contribution in [2.75, 3.05) is 11.1 Å². The molecule has 0 atom stereocenters. The number of aromatic nitrogens is 3. The maximum absolute atomic E-state index is 12.4. The number of halogens is 2. The van der Waals surface area contributed by atoms with Gasteiger partial charge in [0.05, 0.1) is 16.5 Å². The fourth-order valence-electron chi connectivity index (χ4n) is 2.73. The number of thioether (sulfide) groups is 1. The SMILES string of the molecule is CCCn1c(SCC(=O)Nc2ccc(Br)cc2Cl)nnc1-c1cccc(C)c1. The largest absolute Gasteiger partial charge is 0.324 e. The van der Waals surface area contributed by atoms with Gasteiger partial charge in [0.2, 0.25) is 5.91 Å². The van der Waals surface area contributed by atoms with Gasteiger partial charge in [-0.25, -0.2) is 0 Å². The Labute approximate surface area is 182 Å². The molecule has 1 aromatic heterocycles. The van der Waals surface area contributed by atoms with Gasteiger partial charge in [-0.3, -0.25) is 4.79 Å². The van der Waals surface area contributed by atoms with Crippen molar-refractivity contribution >= 4 is 50.9 Å². The Morgan fingerprint density at radius 1 is 1.25 bits per heavy atom. The van der Waals surface area contributed by atoms with Crippen LogP contribution in [0.5, 0.6) is 0 Å². The van der Waals surface area contributed by atoms with Crippen LogP contribution in [0.15, 0.2) is 52.1 Å². The third-order valence-corrected chi connectivity index (χ3v) is 5.75. The molecule has 0 aliphatic heterocycles. The van der Waals surface area contributed by atoms with Gasteiger partial charge in [-0.05, 0) is 37.6 Å². The van der Waals surface area contributed by atoms with Crippen molar-refractivity contribution in [1.82, 2.24) is 14.8 Å². The van der Waals surface area contributed by atoms with Crippen molar-refractivity contribution in [3.05, 3.63) is 57.5 Å².